The molecule has 0 aliphatic heterocycles. The van der Waals surface area contributed by atoms with Crippen LogP contribution in [0.4, 0.5) is 0 Å². The Morgan fingerprint density at radius 2 is 1.48 bits per heavy atom. The third-order valence-electron chi connectivity index (χ3n) is 5.40. The number of hydrogen-bond acceptors (Lipinski definition) is 1. The first-order valence-corrected chi connectivity index (χ1v) is 8.66. The first kappa shape index (κ1) is 15.9. The quantitative estimate of drug-likeness (QED) is 0.397. The zero-order chi connectivity index (χ0) is 17.4. The van der Waals surface area contributed by atoms with Gasteiger partial charge < -0.3 is 4.74 Å². The predicted octanol–water partition coefficient (Wildman–Crippen LogP) is 4.54. The summed E-state index contributed by atoms with van der Waals surface area (Å²) in [5, 5.41) is 0. The molecule has 0 spiro atoms. The van der Waals surface area contributed by atoms with Crippen molar-refractivity contribution in [1.29, 1.82) is 0 Å². The lowest BCUT2D eigenvalue weighted by Crippen LogP contribution is -2.25. The molecule has 1 unspecified atom stereocenters. The summed E-state index contributed by atoms with van der Waals surface area (Å²) in [6.07, 6.45) is 2.82. The number of hydrogen-bond donors (Lipinski definition) is 0. The van der Waals surface area contributed by atoms with Crippen LogP contribution in [0.5, 0.6) is 0 Å². The Morgan fingerprint density at radius 1 is 0.880 bits per heavy atom. The van der Waals surface area contributed by atoms with E-state index in [0.29, 0.717) is 0 Å². The number of benzene rings is 3. The third-order valence-corrected chi connectivity index (χ3v) is 5.40. The van der Waals surface area contributed by atoms with Crippen molar-refractivity contribution in [2.45, 2.75) is 11.9 Å². The van der Waals surface area contributed by atoms with Gasteiger partial charge in [0.15, 0.2) is 7.85 Å². The number of ether oxygens (including phenoxy) is 1. The average molecular weight is 324 g/mol. The molecule has 1 atom stereocenters. The van der Waals surface area contributed by atoms with Crippen LogP contribution in [0.15, 0.2) is 79.4 Å². The maximum Gasteiger partial charge on any atom is 0.154 e. The molecule has 3 aromatic rings. The third kappa shape index (κ3) is 2.54. The minimum atomic E-state index is -0.490. The zero-order valence-electron chi connectivity index (χ0n) is 14.8. The van der Waals surface area contributed by atoms with Gasteiger partial charge in [0.25, 0.3) is 0 Å². The lowest BCUT2D eigenvalue weighted by atomic mass is 9.74. The molecule has 1 aliphatic rings. The maximum absolute atomic E-state index is 5.73. The summed E-state index contributed by atoms with van der Waals surface area (Å²) < 4.78 is 5.73. The van der Waals surface area contributed by atoms with E-state index in [0.717, 1.165) is 12.0 Å². The van der Waals surface area contributed by atoms with E-state index in [9.17, 15) is 0 Å². The summed E-state index contributed by atoms with van der Waals surface area (Å²) in [6.45, 7) is 3.97. The Balaban J connectivity index is 2.04. The van der Waals surface area contributed by atoms with E-state index in [4.69, 9.17) is 4.74 Å². The normalized spacial score (nSPS) is 14.4. The molecule has 0 saturated carbocycles. The van der Waals surface area contributed by atoms with E-state index >= 15 is 0 Å². The Hall–Kier alpha value is -2.58. The molecule has 0 heterocycles. The monoisotopic (exact) mass is 324 g/mol. The molecule has 122 valence electrons. The fourth-order valence-corrected chi connectivity index (χ4v) is 3.71. The van der Waals surface area contributed by atoms with E-state index in [1.54, 1.807) is 7.11 Å². The fourth-order valence-electron chi connectivity index (χ4n) is 3.71. The summed E-state index contributed by atoms with van der Waals surface area (Å²) in [5.41, 5.74) is 8.54. The van der Waals surface area contributed by atoms with Crippen LogP contribution >= 0.6 is 0 Å². The Labute approximate surface area is 150 Å². The molecule has 0 fully saturated rings. The lowest BCUT2D eigenvalue weighted by Gasteiger charge is -2.26. The highest BCUT2D eigenvalue weighted by Gasteiger charge is 2.25. The Kier molecular flexibility index (Phi) is 3.86. The van der Waals surface area contributed by atoms with Crippen molar-refractivity contribution in [3.8, 4) is 22.3 Å². The fraction of sp³-hybridized carbons (Fsp3) is 0.130. The van der Waals surface area contributed by atoms with Gasteiger partial charge in [0, 0.05) is 7.11 Å². The molecule has 0 amide bonds. The van der Waals surface area contributed by atoms with Gasteiger partial charge in [-0.1, -0.05) is 66.7 Å². The molecule has 4 rings (SSSR count). The number of fused-ring (bicyclic) bond motifs is 5. The molecular weight excluding hydrogens is 303 g/mol. The van der Waals surface area contributed by atoms with Crippen LogP contribution in [0.3, 0.4) is 0 Å². The van der Waals surface area contributed by atoms with Crippen molar-refractivity contribution < 1.29 is 4.74 Å². The average Bonchev–Trinajstić information content (AvgIpc) is 2.81. The molecule has 2 heteroatoms. The molecule has 0 saturated heterocycles. The largest absolute Gasteiger partial charge is 0.379 e. The number of rotatable bonds is 3. The van der Waals surface area contributed by atoms with Crippen molar-refractivity contribution >= 4 is 7.85 Å². The second-order valence-electron chi connectivity index (χ2n) is 6.77. The molecular formula is C23H21BO. The van der Waals surface area contributed by atoms with Crippen molar-refractivity contribution in [1.82, 2.24) is 0 Å². The van der Waals surface area contributed by atoms with E-state index in [1.165, 1.54) is 33.4 Å². The van der Waals surface area contributed by atoms with Crippen molar-refractivity contribution in [2.24, 2.45) is 0 Å². The minimum Gasteiger partial charge on any atom is -0.379 e. The van der Waals surface area contributed by atoms with E-state index in [2.05, 4.69) is 81.2 Å². The van der Waals surface area contributed by atoms with Crippen LogP contribution in [-0.2, 0) is 16.7 Å². The summed E-state index contributed by atoms with van der Waals surface area (Å²) >= 11 is 0. The summed E-state index contributed by atoms with van der Waals surface area (Å²) in [7, 11) is 3.79. The minimum absolute atomic E-state index is 0.490. The Morgan fingerprint density at radius 3 is 2.08 bits per heavy atom. The molecule has 25 heavy (non-hydrogen) atoms. The van der Waals surface area contributed by atoms with Gasteiger partial charge >= 0.3 is 0 Å². The highest BCUT2D eigenvalue weighted by atomic mass is 16.5. The predicted molar refractivity (Wildman–Crippen MR) is 108 cm³/mol. The van der Waals surface area contributed by atoms with Gasteiger partial charge in [0.05, 0.1) is 5.50 Å². The van der Waals surface area contributed by atoms with Gasteiger partial charge in [-0.05, 0) is 51.4 Å². The van der Waals surface area contributed by atoms with Crippen LogP contribution in [-0.4, -0.2) is 15.0 Å². The van der Waals surface area contributed by atoms with E-state index < -0.39 is 5.50 Å². The number of methoxy groups -OCH3 is 1. The highest BCUT2D eigenvalue weighted by Crippen LogP contribution is 2.42. The van der Waals surface area contributed by atoms with Crippen LogP contribution < -0.4 is 0 Å². The van der Waals surface area contributed by atoms with Crippen LogP contribution in [0, 0.1) is 0 Å². The zero-order valence-corrected chi connectivity index (χ0v) is 14.8. The topological polar surface area (TPSA) is 9.23 Å². The van der Waals surface area contributed by atoms with Gasteiger partial charge in [0.1, 0.15) is 0 Å². The van der Waals surface area contributed by atoms with Gasteiger partial charge in [-0.25, -0.2) is 0 Å². The smallest absolute Gasteiger partial charge is 0.154 e. The molecule has 0 N–H and O–H groups in total. The lowest BCUT2D eigenvalue weighted by molar-refractivity contribution is 0.103. The van der Waals surface area contributed by atoms with Crippen molar-refractivity contribution in [3.05, 3.63) is 96.1 Å². The van der Waals surface area contributed by atoms with Gasteiger partial charge in [0.2, 0.25) is 0 Å². The second-order valence-corrected chi connectivity index (χ2v) is 6.77. The van der Waals surface area contributed by atoms with E-state index in [1.807, 2.05) is 6.08 Å². The van der Waals surface area contributed by atoms with Crippen molar-refractivity contribution in [2.75, 3.05) is 7.11 Å². The van der Waals surface area contributed by atoms with Gasteiger partial charge in [-0.3, -0.25) is 0 Å². The molecule has 3 aromatic carbocycles. The Bertz CT molecular complexity index is 960. The second kappa shape index (κ2) is 6.05. The van der Waals surface area contributed by atoms with E-state index in [-0.39, 0.29) is 0 Å². The molecule has 1 nitrogen and oxygen atoms in total. The first-order chi connectivity index (χ1) is 12.2. The molecule has 0 bridgehead atoms. The van der Waals surface area contributed by atoms with Crippen LogP contribution in [0.25, 0.3) is 22.3 Å². The first-order valence-electron chi connectivity index (χ1n) is 8.66. The summed E-state index contributed by atoms with van der Waals surface area (Å²) in [4.78, 5) is 0. The van der Waals surface area contributed by atoms with Crippen molar-refractivity contribution in [3.63, 3.8) is 0 Å². The standard InChI is InChI=1S/C23H21BO/c1-3-23(24,25-2)18-12-13-21-19-10-6-4-8-16(19)14-17-9-5-7-11-20(17)22(21)15-18/h3-13,15H,1,14,24H2,2H3. The van der Waals surface area contributed by atoms with Gasteiger partial charge in [-0.2, -0.15) is 0 Å². The molecule has 0 aromatic heterocycles. The van der Waals surface area contributed by atoms with Gasteiger partial charge in [-0.15, -0.1) is 6.58 Å². The van der Waals surface area contributed by atoms with Crippen LogP contribution in [0.2, 0.25) is 0 Å². The molecule has 1 aliphatic carbocycles. The molecule has 0 radical (unpaired) electrons. The van der Waals surface area contributed by atoms with Crippen LogP contribution in [0.1, 0.15) is 16.7 Å². The SMILES string of the molecule is BC(C=C)(OC)c1ccc2c(c1)-c1ccccc1Cc1ccccc1-2. The summed E-state index contributed by atoms with van der Waals surface area (Å²) in [6, 6.07) is 24.1. The maximum atomic E-state index is 5.73. The summed E-state index contributed by atoms with van der Waals surface area (Å²) in [5.74, 6) is 0. The highest BCUT2D eigenvalue weighted by molar-refractivity contribution is 6.16.